The van der Waals surface area contributed by atoms with Gasteiger partial charge in [0.15, 0.2) is 0 Å². The highest BCUT2D eigenvalue weighted by Crippen LogP contribution is 2.16. The minimum atomic E-state index is -0.741. The maximum absolute atomic E-state index is 11.7. The van der Waals surface area contributed by atoms with Crippen LogP contribution in [0.25, 0.3) is 0 Å². The molecule has 1 rings (SSSR count). The zero-order chi connectivity index (χ0) is 17.6. The van der Waals surface area contributed by atoms with Gasteiger partial charge in [-0.2, -0.15) is 0 Å². The molecule has 0 aromatic heterocycles. The van der Waals surface area contributed by atoms with Crippen LogP contribution in [0.4, 0.5) is 0 Å². The number of allylic oxidation sites excluding steroid dienone is 4. The molecule has 0 radical (unpaired) electrons. The highest BCUT2D eigenvalue weighted by atomic mass is 16.2. The van der Waals surface area contributed by atoms with Gasteiger partial charge in [0.25, 0.3) is 0 Å². The first-order valence-electron chi connectivity index (χ1n) is 8.41. The zero-order valence-corrected chi connectivity index (χ0v) is 14.1. The molecule has 1 aliphatic carbocycles. The summed E-state index contributed by atoms with van der Waals surface area (Å²) in [5, 5.41) is 8.64. The zero-order valence-electron chi connectivity index (χ0n) is 14.1. The fourth-order valence-electron chi connectivity index (χ4n) is 2.28. The van der Waals surface area contributed by atoms with Crippen molar-refractivity contribution in [2.75, 3.05) is 26.2 Å². The first kappa shape index (κ1) is 20.1. The Labute approximate surface area is 143 Å². The first-order valence-corrected chi connectivity index (χ1v) is 8.41. The number of nitrogens with one attached hydrogen (secondary N) is 3. The van der Waals surface area contributed by atoms with Gasteiger partial charge in [-0.15, -0.1) is 0 Å². The minimum Gasteiger partial charge on any atom is -0.355 e. The predicted molar refractivity (Wildman–Crippen MR) is 93.2 cm³/mol. The summed E-state index contributed by atoms with van der Waals surface area (Å²) >= 11 is 0. The highest BCUT2D eigenvalue weighted by Gasteiger charge is 2.07. The Bertz CT molecular complexity index is 474. The van der Waals surface area contributed by atoms with E-state index in [1.165, 1.54) is 5.57 Å². The lowest BCUT2D eigenvalue weighted by Crippen LogP contribution is -2.38. The third kappa shape index (κ3) is 9.91. The van der Waals surface area contributed by atoms with Crippen LogP contribution in [0.2, 0.25) is 0 Å². The fraction of sp³-hybridized carbons (Fsp3) is 0.588. The van der Waals surface area contributed by atoms with E-state index in [-0.39, 0.29) is 18.2 Å². The number of aldehydes is 1. The van der Waals surface area contributed by atoms with E-state index in [1.807, 2.05) is 0 Å². The smallest absolute Gasteiger partial charge is 0.222 e. The van der Waals surface area contributed by atoms with E-state index in [4.69, 9.17) is 5.73 Å². The third-order valence-corrected chi connectivity index (χ3v) is 3.59. The molecule has 0 saturated heterocycles. The molecule has 0 aromatic rings. The number of hydrogen-bond donors (Lipinski definition) is 4. The van der Waals surface area contributed by atoms with Gasteiger partial charge in [0.05, 0.1) is 6.04 Å². The summed E-state index contributed by atoms with van der Waals surface area (Å²) in [6.07, 6.45) is 10.3. The second-order valence-electron chi connectivity index (χ2n) is 5.76. The molecule has 0 aliphatic heterocycles. The van der Waals surface area contributed by atoms with Gasteiger partial charge in [-0.3, -0.25) is 9.59 Å². The molecule has 5 N–H and O–H groups in total. The van der Waals surface area contributed by atoms with Crippen LogP contribution in [-0.4, -0.2) is 50.3 Å². The van der Waals surface area contributed by atoms with Gasteiger partial charge >= 0.3 is 0 Å². The number of rotatable bonds is 13. The highest BCUT2D eigenvalue weighted by molar-refractivity contribution is 5.80. The van der Waals surface area contributed by atoms with E-state index in [2.05, 4.69) is 34.2 Å². The van der Waals surface area contributed by atoms with Gasteiger partial charge in [0, 0.05) is 39.0 Å². The summed E-state index contributed by atoms with van der Waals surface area (Å²) in [4.78, 5) is 33.3. The Morgan fingerprint density at radius 3 is 2.50 bits per heavy atom. The van der Waals surface area contributed by atoms with Crippen LogP contribution < -0.4 is 21.7 Å². The van der Waals surface area contributed by atoms with Gasteiger partial charge in [-0.1, -0.05) is 23.8 Å². The number of carbonyl (C=O) groups excluding carboxylic acids is 3. The van der Waals surface area contributed by atoms with E-state index >= 15 is 0 Å². The molecule has 7 heteroatoms. The van der Waals surface area contributed by atoms with E-state index in [0.29, 0.717) is 38.9 Å². The Hall–Kier alpha value is -1.99. The van der Waals surface area contributed by atoms with Crippen molar-refractivity contribution in [3.05, 3.63) is 23.8 Å². The monoisotopic (exact) mass is 336 g/mol. The lowest BCUT2D eigenvalue weighted by atomic mass is 10.1. The van der Waals surface area contributed by atoms with Gasteiger partial charge in [0.2, 0.25) is 11.8 Å². The molecule has 1 aliphatic rings. The van der Waals surface area contributed by atoms with E-state index < -0.39 is 6.04 Å². The second kappa shape index (κ2) is 12.4. The molecule has 0 saturated carbocycles. The Balaban J connectivity index is 1.88. The van der Waals surface area contributed by atoms with Crippen molar-refractivity contribution in [2.45, 2.75) is 38.1 Å². The Morgan fingerprint density at radius 2 is 1.88 bits per heavy atom. The van der Waals surface area contributed by atoms with E-state index in [0.717, 1.165) is 19.3 Å². The quantitative estimate of drug-likeness (QED) is 0.274. The van der Waals surface area contributed by atoms with Crippen molar-refractivity contribution in [1.82, 2.24) is 16.0 Å². The third-order valence-electron chi connectivity index (χ3n) is 3.59. The molecule has 2 amide bonds. The van der Waals surface area contributed by atoms with Gasteiger partial charge in [0.1, 0.15) is 6.29 Å². The maximum Gasteiger partial charge on any atom is 0.222 e. The number of amides is 2. The Morgan fingerprint density at radius 1 is 1.17 bits per heavy atom. The molecular formula is C17H28N4O3. The molecular weight excluding hydrogens is 308 g/mol. The average molecular weight is 336 g/mol. The average Bonchev–Trinajstić information content (AvgIpc) is 3.07. The van der Waals surface area contributed by atoms with Crippen LogP contribution in [0.5, 0.6) is 0 Å². The van der Waals surface area contributed by atoms with Crippen molar-refractivity contribution < 1.29 is 14.4 Å². The first-order chi connectivity index (χ1) is 11.6. The number of carbonyl (C=O) groups is 3. The maximum atomic E-state index is 11.7. The van der Waals surface area contributed by atoms with Crippen molar-refractivity contribution >= 4 is 18.1 Å². The van der Waals surface area contributed by atoms with Crippen molar-refractivity contribution in [2.24, 2.45) is 5.73 Å². The lowest BCUT2D eigenvalue weighted by molar-refractivity contribution is -0.123. The predicted octanol–water partition coefficient (Wildman–Crippen LogP) is -0.219. The summed E-state index contributed by atoms with van der Waals surface area (Å²) < 4.78 is 0. The van der Waals surface area contributed by atoms with E-state index in [1.54, 1.807) is 0 Å². The van der Waals surface area contributed by atoms with Crippen molar-refractivity contribution in [1.29, 1.82) is 0 Å². The van der Waals surface area contributed by atoms with Crippen LogP contribution >= 0.6 is 0 Å². The lowest BCUT2D eigenvalue weighted by Gasteiger charge is -2.09. The normalized spacial score (nSPS) is 14.1. The van der Waals surface area contributed by atoms with Gasteiger partial charge in [-0.25, -0.2) is 0 Å². The largest absolute Gasteiger partial charge is 0.355 e. The summed E-state index contributed by atoms with van der Waals surface area (Å²) in [6.45, 7) is 2.26. The second-order valence-corrected chi connectivity index (χ2v) is 5.76. The Kier molecular flexibility index (Phi) is 10.4. The molecule has 0 fully saturated rings. The van der Waals surface area contributed by atoms with Gasteiger partial charge < -0.3 is 26.5 Å². The molecule has 0 aromatic carbocycles. The van der Waals surface area contributed by atoms with Gasteiger partial charge in [-0.05, 0) is 19.3 Å². The molecule has 1 atom stereocenters. The summed E-state index contributed by atoms with van der Waals surface area (Å²) in [7, 11) is 0. The SMILES string of the molecule is NC(C=O)CC(=O)NCCNCCNC(=O)CCCC1=CC=CC1. The minimum absolute atomic E-state index is 0.00647. The standard InChI is InChI=1S/C17H28N4O3/c18-15(13-22)12-17(24)21-11-9-19-8-10-20-16(23)7-3-6-14-4-1-2-5-14/h1-2,4,13,15,19H,3,5-12,18H2,(H,20,23)(H,21,24). The summed E-state index contributed by atoms with van der Waals surface area (Å²) in [5.41, 5.74) is 6.74. The molecule has 24 heavy (non-hydrogen) atoms. The topological polar surface area (TPSA) is 113 Å². The molecule has 0 spiro atoms. The van der Waals surface area contributed by atoms with Crippen LogP contribution in [-0.2, 0) is 14.4 Å². The van der Waals surface area contributed by atoms with E-state index in [9.17, 15) is 14.4 Å². The molecule has 134 valence electrons. The fourth-order valence-corrected chi connectivity index (χ4v) is 2.28. The number of nitrogens with two attached hydrogens (primary N) is 1. The summed E-state index contributed by atoms with van der Waals surface area (Å²) in [6, 6.07) is -0.741. The van der Waals surface area contributed by atoms with Crippen LogP contribution in [0.3, 0.4) is 0 Å². The molecule has 1 unspecified atom stereocenters. The van der Waals surface area contributed by atoms with Crippen molar-refractivity contribution in [3.8, 4) is 0 Å². The molecule has 0 bridgehead atoms. The summed E-state index contributed by atoms with van der Waals surface area (Å²) in [5.74, 6) is -0.170. The van der Waals surface area contributed by atoms with Crippen LogP contribution in [0.15, 0.2) is 23.8 Å². The number of hydrogen-bond acceptors (Lipinski definition) is 5. The van der Waals surface area contributed by atoms with Crippen LogP contribution in [0.1, 0.15) is 32.1 Å². The molecule has 0 heterocycles. The van der Waals surface area contributed by atoms with Crippen LogP contribution in [0, 0.1) is 0 Å². The van der Waals surface area contributed by atoms with Crippen molar-refractivity contribution in [3.63, 3.8) is 0 Å². The molecule has 7 nitrogen and oxygen atoms in total.